The van der Waals surface area contributed by atoms with Crippen LogP contribution in [0.1, 0.15) is 33.1 Å². The van der Waals surface area contributed by atoms with Crippen molar-refractivity contribution in [1.29, 1.82) is 0 Å². The largest absolute Gasteiger partial charge is 0.481 e. The van der Waals surface area contributed by atoms with Crippen LogP contribution < -0.4 is 0 Å². The van der Waals surface area contributed by atoms with Crippen molar-refractivity contribution in [2.75, 3.05) is 20.3 Å². The van der Waals surface area contributed by atoms with E-state index in [1.54, 1.807) is 13.8 Å². The Kier molecular flexibility index (Phi) is 11.5. The second-order valence-electron chi connectivity index (χ2n) is 10.6. The lowest BCUT2D eigenvalue weighted by atomic mass is 9.81. The Morgan fingerprint density at radius 2 is 1.79 bits per heavy atom. The first kappa shape index (κ1) is 33.4. The molecule has 0 aromatic rings. The molecule has 2 aliphatic heterocycles. The van der Waals surface area contributed by atoms with Crippen LogP contribution in [0.5, 0.6) is 0 Å². The lowest BCUT2D eigenvalue weighted by Crippen LogP contribution is -2.60. The minimum Gasteiger partial charge on any atom is -0.481 e. The molecule has 0 radical (unpaired) electrons. The van der Waals surface area contributed by atoms with E-state index in [0.717, 1.165) is 13.4 Å². The van der Waals surface area contributed by atoms with Crippen LogP contribution in [0.3, 0.4) is 0 Å². The number of methoxy groups -OCH3 is 1. The molecule has 0 spiro atoms. The van der Waals surface area contributed by atoms with E-state index in [1.807, 2.05) is 0 Å². The summed E-state index contributed by atoms with van der Waals surface area (Å²) in [6.45, 7) is 2.01. The van der Waals surface area contributed by atoms with E-state index in [9.17, 15) is 49.8 Å². The summed E-state index contributed by atoms with van der Waals surface area (Å²) in [4.78, 5) is 49.3. The van der Waals surface area contributed by atoms with Gasteiger partial charge in [-0.05, 0) is 31.6 Å². The summed E-state index contributed by atoms with van der Waals surface area (Å²) in [7, 11) is 1.11. The Morgan fingerprint density at radius 3 is 2.36 bits per heavy atom. The highest BCUT2D eigenvalue weighted by Crippen LogP contribution is 2.42. The molecule has 1 saturated carbocycles. The fraction of sp³-hybridized carbons (Fsp3) is 0.704. The number of hydrogen-bond donors (Lipinski definition) is 6. The zero-order valence-electron chi connectivity index (χ0n) is 23.4. The topological polar surface area (TPSA) is 236 Å². The highest BCUT2D eigenvalue weighted by Gasteiger charge is 2.48. The summed E-state index contributed by atoms with van der Waals surface area (Å²) in [6, 6.07) is 0. The fourth-order valence-corrected chi connectivity index (χ4v) is 5.83. The molecule has 1 aliphatic carbocycles. The zero-order chi connectivity index (χ0) is 31.3. The quantitative estimate of drug-likeness (QED) is 0.125. The highest BCUT2D eigenvalue weighted by atomic mass is 16.8. The first-order valence-electron chi connectivity index (χ1n) is 13.5. The molecule has 0 amide bonds. The van der Waals surface area contributed by atoms with Crippen LogP contribution in [-0.2, 0) is 42.9 Å². The molecular weight excluding hydrogens is 564 g/mol. The van der Waals surface area contributed by atoms with Crippen LogP contribution in [0, 0.1) is 29.6 Å². The van der Waals surface area contributed by atoms with Crippen molar-refractivity contribution in [1.82, 2.24) is 0 Å². The fourth-order valence-electron chi connectivity index (χ4n) is 5.83. The number of allylic oxidation sites excluding steroid dienone is 1. The van der Waals surface area contributed by atoms with Crippen molar-refractivity contribution < 1.29 is 73.5 Å². The standard InChI is InChI=1S/C27H38O15/c1-4-12-14(7-18(29)39-9-15(23(33)34)13-6-5-11(2)19(13)24(35)36)16(25(37)38-3)10-40-26(12)42-27-22(32)21(31)20(30)17(8-28)41-27/h4,10-11,13-15,17,19-22,26-28,30-32H,5-9H2,1-3H3,(H,33,34)(H,35,36)/b12-4+/t11-,13+,14-,15+,17+,19-,20+,21-,22+,26-,27-/m0/s1. The predicted molar refractivity (Wildman–Crippen MR) is 137 cm³/mol. The second-order valence-corrected chi connectivity index (χ2v) is 10.6. The number of esters is 2. The van der Waals surface area contributed by atoms with Gasteiger partial charge in [-0.3, -0.25) is 14.4 Å². The third-order valence-corrected chi connectivity index (χ3v) is 8.17. The summed E-state index contributed by atoms with van der Waals surface area (Å²) >= 11 is 0. The number of aliphatic hydroxyl groups excluding tert-OH is 4. The second kappa shape index (κ2) is 14.4. The third-order valence-electron chi connectivity index (χ3n) is 8.17. The van der Waals surface area contributed by atoms with Crippen LogP contribution in [-0.4, -0.2) is 112 Å². The third kappa shape index (κ3) is 7.10. The Morgan fingerprint density at radius 1 is 1.10 bits per heavy atom. The van der Waals surface area contributed by atoms with Crippen molar-refractivity contribution in [3.63, 3.8) is 0 Å². The minimum atomic E-state index is -1.75. The molecule has 15 heteroatoms. The SMILES string of the molecule is C/C=C1/[C@H](O[C@@H]2O[C@H](CO)[C@@H](O)[C@H](O)[C@H]2O)OC=C(C(=O)OC)[C@H]1CC(=O)OC[C@@H](C(=O)O)[C@H]1CC[C@H](C)[C@@H]1C(=O)O. The maximum atomic E-state index is 13.0. The molecule has 11 atom stereocenters. The van der Waals surface area contributed by atoms with E-state index >= 15 is 0 Å². The van der Waals surface area contributed by atoms with Gasteiger partial charge in [-0.25, -0.2) is 4.79 Å². The summed E-state index contributed by atoms with van der Waals surface area (Å²) in [5.74, 6) is -8.33. The van der Waals surface area contributed by atoms with E-state index in [4.69, 9.17) is 23.7 Å². The highest BCUT2D eigenvalue weighted by molar-refractivity contribution is 5.90. The molecule has 42 heavy (non-hydrogen) atoms. The van der Waals surface area contributed by atoms with E-state index in [-0.39, 0.29) is 17.1 Å². The molecular formula is C27H38O15. The van der Waals surface area contributed by atoms with Gasteiger partial charge in [0.25, 0.3) is 0 Å². The number of carboxylic acid groups (broad SMARTS) is 2. The van der Waals surface area contributed by atoms with Gasteiger partial charge in [-0.15, -0.1) is 0 Å². The molecule has 0 unspecified atom stereocenters. The van der Waals surface area contributed by atoms with Crippen LogP contribution in [0.2, 0.25) is 0 Å². The number of aliphatic carboxylic acids is 2. The van der Waals surface area contributed by atoms with Crippen LogP contribution in [0.25, 0.3) is 0 Å². The first-order valence-corrected chi connectivity index (χ1v) is 13.5. The summed E-state index contributed by atoms with van der Waals surface area (Å²) < 4.78 is 26.7. The van der Waals surface area contributed by atoms with E-state index in [2.05, 4.69) is 0 Å². The van der Waals surface area contributed by atoms with Gasteiger partial charge in [0, 0.05) is 11.5 Å². The number of carbonyl (C=O) groups excluding carboxylic acids is 2. The summed E-state index contributed by atoms with van der Waals surface area (Å²) in [6.07, 6.45) is -6.48. The number of hydrogen-bond acceptors (Lipinski definition) is 13. The van der Waals surface area contributed by atoms with Crippen molar-refractivity contribution in [3.05, 3.63) is 23.5 Å². The molecule has 0 aromatic carbocycles. The smallest absolute Gasteiger partial charge is 0.337 e. The molecule has 236 valence electrons. The maximum absolute atomic E-state index is 13.0. The van der Waals surface area contributed by atoms with Crippen molar-refractivity contribution in [2.45, 2.75) is 70.1 Å². The molecule has 1 saturated heterocycles. The van der Waals surface area contributed by atoms with E-state index in [1.165, 1.54) is 6.08 Å². The Balaban J connectivity index is 1.77. The zero-order valence-corrected chi connectivity index (χ0v) is 23.4. The monoisotopic (exact) mass is 602 g/mol. The van der Waals surface area contributed by atoms with Crippen molar-refractivity contribution in [3.8, 4) is 0 Å². The first-order chi connectivity index (χ1) is 19.9. The molecule has 15 nitrogen and oxygen atoms in total. The summed E-state index contributed by atoms with van der Waals surface area (Å²) in [5, 5.41) is 59.3. The maximum Gasteiger partial charge on any atom is 0.337 e. The molecule has 0 aromatic heterocycles. The van der Waals surface area contributed by atoms with Gasteiger partial charge in [0.1, 0.15) is 31.0 Å². The van der Waals surface area contributed by atoms with Crippen LogP contribution in [0.15, 0.2) is 23.5 Å². The molecule has 3 rings (SSSR count). The summed E-state index contributed by atoms with van der Waals surface area (Å²) in [5.41, 5.74) is 0.0960. The van der Waals surface area contributed by atoms with E-state index in [0.29, 0.717) is 12.8 Å². The molecule has 0 bridgehead atoms. The Hall–Kier alpha value is -3.08. The Bertz CT molecular complexity index is 1070. The lowest BCUT2D eigenvalue weighted by molar-refractivity contribution is -0.327. The van der Waals surface area contributed by atoms with Gasteiger partial charge in [0.2, 0.25) is 6.29 Å². The van der Waals surface area contributed by atoms with Gasteiger partial charge in [0.15, 0.2) is 6.29 Å². The van der Waals surface area contributed by atoms with Gasteiger partial charge in [-0.1, -0.05) is 13.0 Å². The number of carbonyl (C=O) groups is 4. The number of rotatable bonds is 11. The van der Waals surface area contributed by atoms with Crippen LogP contribution >= 0.6 is 0 Å². The van der Waals surface area contributed by atoms with Gasteiger partial charge in [-0.2, -0.15) is 0 Å². The number of ether oxygens (including phenoxy) is 5. The average molecular weight is 603 g/mol. The average Bonchev–Trinajstić information content (AvgIpc) is 3.33. The number of carboxylic acids is 2. The predicted octanol–water partition coefficient (Wildman–Crippen LogP) is -0.840. The van der Waals surface area contributed by atoms with Gasteiger partial charge >= 0.3 is 23.9 Å². The minimum absolute atomic E-state index is 0.0958. The van der Waals surface area contributed by atoms with Crippen molar-refractivity contribution in [2.24, 2.45) is 29.6 Å². The van der Waals surface area contributed by atoms with Gasteiger partial charge in [0.05, 0.1) is 43.8 Å². The molecule has 3 aliphatic rings. The van der Waals surface area contributed by atoms with Gasteiger partial charge < -0.3 is 54.3 Å². The molecule has 6 N–H and O–H groups in total. The lowest BCUT2D eigenvalue weighted by Gasteiger charge is -2.41. The number of aliphatic hydroxyl groups is 4. The van der Waals surface area contributed by atoms with Crippen molar-refractivity contribution >= 4 is 23.9 Å². The molecule has 2 fully saturated rings. The van der Waals surface area contributed by atoms with E-state index < -0.39 is 104 Å². The Labute approximate surface area is 241 Å². The normalized spacial score (nSPS) is 36.5. The van der Waals surface area contributed by atoms with Crippen LogP contribution in [0.4, 0.5) is 0 Å². The molecule has 2 heterocycles.